The van der Waals surface area contributed by atoms with Crippen molar-refractivity contribution in [2.24, 2.45) is 5.73 Å². The van der Waals surface area contributed by atoms with Gasteiger partial charge in [0, 0.05) is 27.8 Å². The molecule has 3 nitrogen and oxygen atoms in total. The Hall–Kier alpha value is -1.00. The molecule has 0 unspecified atom stereocenters. The van der Waals surface area contributed by atoms with Gasteiger partial charge in [-0.25, -0.2) is 0 Å². The molecular formula is C14H22N2OS. The zero-order chi connectivity index (χ0) is 13.8. The Balaban J connectivity index is 2.59. The Labute approximate surface area is 114 Å². The first-order valence-corrected chi connectivity index (χ1v) is 7.00. The van der Waals surface area contributed by atoms with Gasteiger partial charge in [-0.05, 0) is 38.1 Å². The quantitative estimate of drug-likeness (QED) is 0.806. The van der Waals surface area contributed by atoms with Crippen molar-refractivity contribution < 1.29 is 4.79 Å². The number of benzene rings is 1. The second-order valence-electron chi connectivity index (χ2n) is 5.36. The summed E-state index contributed by atoms with van der Waals surface area (Å²) in [5.74, 6) is -0.0744. The number of hydrogen-bond donors (Lipinski definition) is 2. The van der Waals surface area contributed by atoms with Crippen LogP contribution < -0.4 is 11.1 Å². The Morgan fingerprint density at radius 3 is 2.33 bits per heavy atom. The van der Waals surface area contributed by atoms with Crippen LogP contribution in [0.15, 0.2) is 29.2 Å². The van der Waals surface area contributed by atoms with Gasteiger partial charge in [-0.15, -0.1) is 11.8 Å². The third kappa shape index (κ3) is 5.56. The second kappa shape index (κ2) is 6.25. The molecule has 1 aromatic rings. The van der Waals surface area contributed by atoms with E-state index in [4.69, 9.17) is 5.73 Å². The average molecular weight is 266 g/mol. The summed E-state index contributed by atoms with van der Waals surface area (Å²) in [6.45, 7) is 8.53. The fraction of sp³-hybridized carbons (Fsp3) is 0.500. The van der Waals surface area contributed by atoms with Gasteiger partial charge in [-0.1, -0.05) is 13.8 Å². The number of amides is 1. The van der Waals surface area contributed by atoms with Crippen molar-refractivity contribution in [1.29, 1.82) is 0 Å². The van der Waals surface area contributed by atoms with Crippen molar-refractivity contribution in [3.8, 4) is 0 Å². The number of thioether (sulfide) groups is 1. The van der Waals surface area contributed by atoms with Crippen LogP contribution >= 0.6 is 11.8 Å². The van der Waals surface area contributed by atoms with Crippen molar-refractivity contribution >= 4 is 17.7 Å². The fourth-order valence-electron chi connectivity index (χ4n) is 1.37. The van der Waals surface area contributed by atoms with E-state index in [1.54, 1.807) is 11.8 Å². The number of rotatable bonds is 5. The van der Waals surface area contributed by atoms with Crippen molar-refractivity contribution in [1.82, 2.24) is 5.32 Å². The maximum atomic E-state index is 11.9. The normalized spacial score (nSPS) is 11.7. The van der Waals surface area contributed by atoms with Crippen molar-refractivity contribution in [3.63, 3.8) is 0 Å². The molecule has 0 heterocycles. The van der Waals surface area contributed by atoms with E-state index in [2.05, 4.69) is 19.2 Å². The van der Waals surface area contributed by atoms with Crippen LogP contribution in [0.2, 0.25) is 0 Å². The van der Waals surface area contributed by atoms with E-state index in [1.165, 1.54) is 4.90 Å². The minimum Gasteiger partial charge on any atom is -0.350 e. The highest BCUT2D eigenvalue weighted by Gasteiger charge is 2.13. The lowest BCUT2D eigenvalue weighted by Crippen LogP contribution is -2.45. The van der Waals surface area contributed by atoms with Crippen LogP contribution in [0.4, 0.5) is 0 Å². The molecule has 1 aromatic carbocycles. The van der Waals surface area contributed by atoms with Crippen molar-refractivity contribution in [2.45, 2.75) is 43.4 Å². The molecular weight excluding hydrogens is 244 g/mol. The van der Waals surface area contributed by atoms with Gasteiger partial charge in [0.15, 0.2) is 0 Å². The highest BCUT2D eigenvalue weighted by atomic mass is 32.2. The molecule has 0 atom stereocenters. The van der Waals surface area contributed by atoms with Gasteiger partial charge in [0.2, 0.25) is 0 Å². The van der Waals surface area contributed by atoms with Gasteiger partial charge in [-0.3, -0.25) is 4.79 Å². The number of carbonyl (C=O) groups is 1. The van der Waals surface area contributed by atoms with Crippen molar-refractivity contribution in [3.05, 3.63) is 29.8 Å². The van der Waals surface area contributed by atoms with Crippen LogP contribution in [-0.2, 0) is 0 Å². The number of carbonyl (C=O) groups excluding carboxylic acids is 1. The van der Waals surface area contributed by atoms with Gasteiger partial charge in [0.05, 0.1) is 0 Å². The molecule has 0 bridgehead atoms. The van der Waals surface area contributed by atoms with E-state index >= 15 is 0 Å². The number of nitrogens with two attached hydrogens (primary N) is 1. The first-order valence-electron chi connectivity index (χ1n) is 6.12. The van der Waals surface area contributed by atoms with E-state index in [1.807, 2.05) is 38.1 Å². The Morgan fingerprint density at radius 2 is 1.89 bits per heavy atom. The number of hydrogen-bond acceptors (Lipinski definition) is 3. The van der Waals surface area contributed by atoms with Crippen molar-refractivity contribution in [2.75, 3.05) is 6.54 Å². The average Bonchev–Trinajstić information content (AvgIpc) is 2.25. The number of nitrogens with one attached hydrogen (secondary N) is 1. The maximum Gasteiger partial charge on any atom is 0.251 e. The summed E-state index contributed by atoms with van der Waals surface area (Å²) in [4.78, 5) is 13.0. The molecule has 0 aliphatic carbocycles. The molecule has 3 N–H and O–H groups in total. The molecule has 1 amide bonds. The van der Waals surface area contributed by atoms with Crippen LogP contribution in [0.5, 0.6) is 0 Å². The molecule has 100 valence electrons. The summed E-state index contributed by atoms with van der Waals surface area (Å²) < 4.78 is 0. The van der Waals surface area contributed by atoms with Crippen LogP contribution in [0.25, 0.3) is 0 Å². The van der Waals surface area contributed by atoms with Crippen LogP contribution in [0.3, 0.4) is 0 Å². The fourth-order valence-corrected chi connectivity index (χ4v) is 2.20. The minimum atomic E-state index is -0.386. The van der Waals surface area contributed by atoms with Crippen LogP contribution in [0, 0.1) is 0 Å². The highest BCUT2D eigenvalue weighted by molar-refractivity contribution is 7.99. The lowest BCUT2D eigenvalue weighted by molar-refractivity contribution is 0.0946. The molecule has 0 fully saturated rings. The van der Waals surface area contributed by atoms with Gasteiger partial charge < -0.3 is 11.1 Å². The predicted molar refractivity (Wildman–Crippen MR) is 78.0 cm³/mol. The van der Waals surface area contributed by atoms with E-state index in [0.29, 0.717) is 17.4 Å². The Bertz CT molecular complexity index is 393. The van der Waals surface area contributed by atoms with Crippen LogP contribution in [0.1, 0.15) is 38.1 Å². The monoisotopic (exact) mass is 266 g/mol. The van der Waals surface area contributed by atoms with Gasteiger partial charge in [-0.2, -0.15) is 0 Å². The maximum absolute atomic E-state index is 11.9. The van der Waals surface area contributed by atoms with E-state index < -0.39 is 0 Å². The molecule has 1 rings (SSSR count). The molecule has 0 saturated heterocycles. The first kappa shape index (κ1) is 15.1. The zero-order valence-corrected chi connectivity index (χ0v) is 12.3. The first-order chi connectivity index (χ1) is 8.28. The summed E-state index contributed by atoms with van der Waals surface area (Å²) in [5.41, 5.74) is 6.11. The Morgan fingerprint density at radius 1 is 1.33 bits per heavy atom. The lowest BCUT2D eigenvalue weighted by atomic mass is 10.1. The largest absolute Gasteiger partial charge is 0.350 e. The SMILES string of the molecule is CC(C)Sc1ccc(C(=O)NCC(C)(C)N)cc1. The zero-order valence-electron chi connectivity index (χ0n) is 11.5. The van der Waals surface area contributed by atoms with E-state index in [-0.39, 0.29) is 11.4 Å². The third-order valence-corrected chi connectivity index (χ3v) is 3.21. The topological polar surface area (TPSA) is 55.1 Å². The summed E-state index contributed by atoms with van der Waals surface area (Å²) in [6, 6.07) is 7.66. The van der Waals surface area contributed by atoms with E-state index in [9.17, 15) is 4.79 Å². The predicted octanol–water partition coefficient (Wildman–Crippen LogP) is 2.65. The van der Waals surface area contributed by atoms with E-state index in [0.717, 1.165) is 0 Å². The molecule has 0 aromatic heterocycles. The third-order valence-electron chi connectivity index (χ3n) is 2.19. The van der Waals surface area contributed by atoms with Gasteiger partial charge >= 0.3 is 0 Å². The molecule has 0 saturated carbocycles. The molecule has 0 radical (unpaired) electrons. The molecule has 0 aliphatic heterocycles. The minimum absolute atomic E-state index is 0.0744. The summed E-state index contributed by atoms with van der Waals surface area (Å²) in [5, 5.41) is 3.37. The lowest BCUT2D eigenvalue weighted by Gasteiger charge is -2.18. The van der Waals surface area contributed by atoms with Gasteiger partial charge in [0.1, 0.15) is 0 Å². The van der Waals surface area contributed by atoms with Gasteiger partial charge in [0.25, 0.3) is 5.91 Å². The summed E-state index contributed by atoms with van der Waals surface area (Å²) >= 11 is 1.78. The smallest absolute Gasteiger partial charge is 0.251 e. The molecule has 18 heavy (non-hydrogen) atoms. The molecule has 0 spiro atoms. The second-order valence-corrected chi connectivity index (χ2v) is 7.01. The summed E-state index contributed by atoms with van der Waals surface area (Å²) in [7, 11) is 0. The highest BCUT2D eigenvalue weighted by Crippen LogP contribution is 2.22. The molecule has 4 heteroatoms. The van der Waals surface area contributed by atoms with Crippen LogP contribution in [-0.4, -0.2) is 23.2 Å². The molecule has 0 aliphatic rings. The summed E-state index contributed by atoms with van der Waals surface area (Å²) in [6.07, 6.45) is 0. The standard InChI is InChI=1S/C14H22N2OS/c1-10(2)18-12-7-5-11(6-8-12)13(17)16-9-14(3,4)15/h5-8,10H,9,15H2,1-4H3,(H,16,17). The Kier molecular flexibility index (Phi) is 5.23.